The lowest BCUT2D eigenvalue weighted by Gasteiger charge is -2.02. The second kappa shape index (κ2) is 4.06. The average molecular weight is 239 g/mol. The molecule has 1 heterocycles. The summed E-state index contributed by atoms with van der Waals surface area (Å²) in [6, 6.07) is 5.78. The summed E-state index contributed by atoms with van der Waals surface area (Å²) < 4.78 is 13.0. The number of H-pyrrole nitrogens is 1. The zero-order valence-corrected chi connectivity index (χ0v) is 9.18. The molecule has 3 nitrogen and oxygen atoms in total. The van der Waals surface area contributed by atoms with Gasteiger partial charge in [0.1, 0.15) is 16.8 Å². The van der Waals surface area contributed by atoms with Crippen molar-refractivity contribution in [3.05, 3.63) is 51.2 Å². The largest absolute Gasteiger partial charge is 0.306 e. The second-order valence-electron chi connectivity index (χ2n) is 3.34. The van der Waals surface area contributed by atoms with Crippen LogP contribution in [0.5, 0.6) is 0 Å². The van der Waals surface area contributed by atoms with Crippen LogP contribution >= 0.6 is 11.6 Å². The lowest BCUT2D eigenvalue weighted by atomic mass is 10.2. The molecule has 0 saturated carbocycles. The summed E-state index contributed by atoms with van der Waals surface area (Å²) in [6.07, 6.45) is 0. The zero-order chi connectivity index (χ0) is 11.7. The molecule has 0 amide bonds. The zero-order valence-electron chi connectivity index (χ0n) is 8.42. The fourth-order valence-electron chi connectivity index (χ4n) is 1.28. The average Bonchev–Trinajstić information content (AvgIpc) is 2.25. The minimum atomic E-state index is -0.392. The van der Waals surface area contributed by atoms with Gasteiger partial charge in [-0.1, -0.05) is 23.7 Å². The summed E-state index contributed by atoms with van der Waals surface area (Å²) in [7, 11) is 0. The number of hydrogen-bond acceptors (Lipinski definition) is 2. The molecule has 5 heteroatoms. The van der Waals surface area contributed by atoms with E-state index >= 15 is 0 Å². The maximum Gasteiger partial charge on any atom is 0.255 e. The van der Waals surface area contributed by atoms with E-state index in [1.165, 1.54) is 12.1 Å². The van der Waals surface area contributed by atoms with E-state index in [2.05, 4.69) is 9.97 Å². The van der Waals surface area contributed by atoms with Crippen LogP contribution in [0.3, 0.4) is 0 Å². The van der Waals surface area contributed by atoms with E-state index in [9.17, 15) is 9.18 Å². The molecule has 0 atom stereocenters. The molecule has 0 saturated heterocycles. The predicted molar refractivity (Wildman–Crippen MR) is 60.0 cm³/mol. The Bertz CT molecular complexity index is 595. The molecule has 0 unspecified atom stereocenters. The van der Waals surface area contributed by atoms with Crippen molar-refractivity contribution >= 4 is 11.6 Å². The van der Waals surface area contributed by atoms with Crippen LogP contribution < -0.4 is 5.56 Å². The maximum absolute atomic E-state index is 13.0. The highest BCUT2D eigenvalue weighted by Crippen LogP contribution is 2.17. The highest BCUT2D eigenvalue weighted by molar-refractivity contribution is 6.30. The first kappa shape index (κ1) is 10.8. The van der Waals surface area contributed by atoms with Crippen molar-refractivity contribution < 1.29 is 4.39 Å². The third kappa shape index (κ3) is 1.97. The maximum atomic E-state index is 13.0. The fraction of sp³-hybridized carbons (Fsp3) is 0.0909. The van der Waals surface area contributed by atoms with Gasteiger partial charge >= 0.3 is 0 Å². The fourth-order valence-corrected chi connectivity index (χ4v) is 1.45. The van der Waals surface area contributed by atoms with E-state index < -0.39 is 5.82 Å². The molecular formula is C11H8ClFN2O. The van der Waals surface area contributed by atoms with Gasteiger partial charge in [-0.2, -0.15) is 0 Å². The second-order valence-corrected chi connectivity index (χ2v) is 3.70. The van der Waals surface area contributed by atoms with E-state index in [4.69, 9.17) is 11.6 Å². The predicted octanol–water partition coefficient (Wildman–Crippen LogP) is 2.54. The molecule has 0 radical (unpaired) electrons. The summed E-state index contributed by atoms with van der Waals surface area (Å²) in [5.74, 6) is -0.128. The lowest BCUT2D eigenvalue weighted by Crippen LogP contribution is -2.12. The number of halogens is 2. The van der Waals surface area contributed by atoms with Crippen molar-refractivity contribution in [3.63, 3.8) is 0 Å². The number of rotatable bonds is 1. The first-order valence-electron chi connectivity index (χ1n) is 4.60. The Morgan fingerprint density at radius 1 is 1.44 bits per heavy atom. The van der Waals surface area contributed by atoms with Crippen molar-refractivity contribution in [3.8, 4) is 11.4 Å². The number of aromatic nitrogens is 2. The van der Waals surface area contributed by atoms with Crippen molar-refractivity contribution in [2.75, 3.05) is 0 Å². The molecule has 1 aromatic heterocycles. The molecule has 0 bridgehead atoms. The summed E-state index contributed by atoms with van der Waals surface area (Å²) >= 11 is 5.78. The van der Waals surface area contributed by atoms with Crippen LogP contribution in [0.15, 0.2) is 29.1 Å². The van der Waals surface area contributed by atoms with E-state index in [0.717, 1.165) is 0 Å². The Morgan fingerprint density at radius 2 is 2.19 bits per heavy atom. The molecular weight excluding hydrogens is 231 g/mol. The van der Waals surface area contributed by atoms with E-state index in [1.807, 2.05) is 0 Å². The highest BCUT2D eigenvalue weighted by Gasteiger charge is 2.07. The van der Waals surface area contributed by atoms with Crippen molar-refractivity contribution in [1.82, 2.24) is 9.97 Å². The van der Waals surface area contributed by atoms with Crippen LogP contribution in [0.25, 0.3) is 11.4 Å². The summed E-state index contributed by atoms with van der Waals surface area (Å²) in [4.78, 5) is 18.0. The van der Waals surface area contributed by atoms with Gasteiger partial charge in [-0.3, -0.25) is 4.79 Å². The molecule has 0 aliphatic carbocycles. The number of benzene rings is 1. The molecule has 2 aromatic rings. The first-order chi connectivity index (χ1) is 7.58. The van der Waals surface area contributed by atoms with Crippen molar-refractivity contribution in [1.29, 1.82) is 0 Å². The molecule has 16 heavy (non-hydrogen) atoms. The lowest BCUT2D eigenvalue weighted by molar-refractivity contribution is 0.628. The van der Waals surface area contributed by atoms with Gasteiger partial charge in [0, 0.05) is 5.56 Å². The van der Waals surface area contributed by atoms with Gasteiger partial charge in [-0.05, 0) is 19.1 Å². The molecule has 1 N–H and O–H groups in total. The SMILES string of the molecule is Cc1c(Cl)nc(-c2cccc(F)c2)[nH]c1=O. The van der Waals surface area contributed by atoms with Gasteiger partial charge in [0.25, 0.3) is 5.56 Å². The first-order valence-corrected chi connectivity index (χ1v) is 4.98. The standard InChI is InChI=1S/C11H8ClFN2O/c1-6-9(12)14-10(15-11(6)16)7-3-2-4-8(13)5-7/h2-5H,1H3,(H,14,15,16). The molecule has 82 valence electrons. The minimum Gasteiger partial charge on any atom is -0.306 e. The van der Waals surface area contributed by atoms with E-state index in [1.54, 1.807) is 19.1 Å². The Morgan fingerprint density at radius 3 is 2.81 bits per heavy atom. The Hall–Kier alpha value is -1.68. The highest BCUT2D eigenvalue weighted by atomic mass is 35.5. The molecule has 2 rings (SSSR count). The van der Waals surface area contributed by atoms with Crippen LogP contribution in [0.2, 0.25) is 5.15 Å². The van der Waals surface area contributed by atoms with Gasteiger partial charge in [0.05, 0.1) is 5.56 Å². The van der Waals surface area contributed by atoms with Crippen LogP contribution in [-0.4, -0.2) is 9.97 Å². The summed E-state index contributed by atoms with van der Waals surface area (Å²) in [5, 5.41) is 0.128. The molecule has 1 aromatic carbocycles. The van der Waals surface area contributed by atoms with Crippen LogP contribution in [-0.2, 0) is 0 Å². The van der Waals surface area contributed by atoms with Gasteiger partial charge in [-0.15, -0.1) is 0 Å². The van der Waals surface area contributed by atoms with Gasteiger partial charge in [0.15, 0.2) is 0 Å². The monoisotopic (exact) mass is 238 g/mol. The Balaban J connectivity index is 2.61. The third-order valence-electron chi connectivity index (χ3n) is 2.19. The van der Waals surface area contributed by atoms with Crippen LogP contribution in [0.4, 0.5) is 4.39 Å². The van der Waals surface area contributed by atoms with Gasteiger partial charge in [-0.25, -0.2) is 9.37 Å². The van der Waals surface area contributed by atoms with Gasteiger partial charge < -0.3 is 4.98 Å². The number of nitrogens with zero attached hydrogens (tertiary/aromatic N) is 1. The summed E-state index contributed by atoms with van der Waals surface area (Å²) in [6.45, 7) is 1.57. The van der Waals surface area contributed by atoms with Gasteiger partial charge in [0.2, 0.25) is 0 Å². The minimum absolute atomic E-state index is 0.128. The molecule has 0 fully saturated rings. The van der Waals surface area contributed by atoms with Crippen molar-refractivity contribution in [2.24, 2.45) is 0 Å². The third-order valence-corrected chi connectivity index (χ3v) is 2.56. The van der Waals surface area contributed by atoms with E-state index in [-0.39, 0.29) is 16.5 Å². The molecule has 0 aliphatic heterocycles. The topological polar surface area (TPSA) is 45.8 Å². The molecule has 0 aliphatic rings. The number of nitrogens with one attached hydrogen (secondary N) is 1. The smallest absolute Gasteiger partial charge is 0.255 e. The Labute approximate surface area is 95.9 Å². The van der Waals surface area contributed by atoms with Crippen LogP contribution in [0, 0.1) is 12.7 Å². The number of aromatic amines is 1. The summed E-state index contributed by atoms with van der Waals surface area (Å²) in [5.41, 5.74) is 0.514. The van der Waals surface area contributed by atoms with Crippen molar-refractivity contribution in [2.45, 2.75) is 6.92 Å². The van der Waals surface area contributed by atoms with Crippen LogP contribution in [0.1, 0.15) is 5.56 Å². The quantitative estimate of drug-likeness (QED) is 0.776. The normalized spacial score (nSPS) is 10.4. The van der Waals surface area contributed by atoms with E-state index in [0.29, 0.717) is 11.1 Å². The molecule has 0 spiro atoms. The number of hydrogen-bond donors (Lipinski definition) is 1. The Kier molecular flexibility index (Phi) is 2.75.